The predicted octanol–water partition coefficient (Wildman–Crippen LogP) is -1.79. The van der Waals surface area contributed by atoms with Gasteiger partial charge >= 0.3 is 5.97 Å². The monoisotopic (exact) mass is 221 g/mol. The fourth-order valence-corrected chi connectivity index (χ4v) is 0.697. The molecule has 14 heavy (non-hydrogen) atoms. The van der Waals surface area contributed by atoms with Crippen LogP contribution in [0.4, 0.5) is 0 Å². The standard InChI is InChI=1S/C10H20NO2.ClH/c1-9(2)8-10(12)13-7-6-11(3,4)5;/h8H,6-7H2,1-5H3;1H/q+1;/p-1. The number of rotatable bonds is 4. The Morgan fingerprint density at radius 2 is 1.79 bits per heavy atom. The molecule has 0 amide bonds. The zero-order valence-electron chi connectivity index (χ0n) is 9.63. The minimum absolute atomic E-state index is 0. The first-order valence-electron chi connectivity index (χ1n) is 4.43. The fourth-order valence-electron chi connectivity index (χ4n) is 0.697. The number of esters is 1. The van der Waals surface area contributed by atoms with Crippen LogP contribution in [0, 0.1) is 0 Å². The van der Waals surface area contributed by atoms with E-state index < -0.39 is 0 Å². The Labute approximate surface area is 92.7 Å². The molecule has 0 saturated carbocycles. The molecule has 3 nitrogen and oxygen atoms in total. The number of nitrogens with zero attached hydrogens (tertiary/aromatic N) is 1. The van der Waals surface area contributed by atoms with Crippen LogP contribution in [0.5, 0.6) is 0 Å². The third kappa shape index (κ3) is 11.5. The van der Waals surface area contributed by atoms with Gasteiger partial charge in [0.1, 0.15) is 13.2 Å². The van der Waals surface area contributed by atoms with Crippen molar-refractivity contribution in [2.24, 2.45) is 0 Å². The van der Waals surface area contributed by atoms with Crippen molar-refractivity contribution in [1.29, 1.82) is 0 Å². The van der Waals surface area contributed by atoms with Gasteiger partial charge in [-0.3, -0.25) is 0 Å². The molecule has 0 heterocycles. The van der Waals surface area contributed by atoms with Gasteiger partial charge in [0, 0.05) is 6.08 Å². The van der Waals surface area contributed by atoms with E-state index in [9.17, 15) is 4.79 Å². The van der Waals surface area contributed by atoms with Gasteiger partial charge in [0.15, 0.2) is 0 Å². The molecule has 0 aromatic heterocycles. The number of quaternary nitrogens is 1. The van der Waals surface area contributed by atoms with Crippen molar-refractivity contribution in [1.82, 2.24) is 0 Å². The summed E-state index contributed by atoms with van der Waals surface area (Å²) in [6.45, 7) is 5.07. The predicted molar refractivity (Wildman–Crippen MR) is 53.3 cm³/mol. The van der Waals surface area contributed by atoms with E-state index in [2.05, 4.69) is 21.1 Å². The number of carbonyl (C=O) groups excluding carboxylic acids is 1. The molecule has 84 valence electrons. The number of allylic oxidation sites excluding steroid dienone is 1. The zero-order chi connectivity index (χ0) is 10.5. The number of hydrogen-bond donors (Lipinski definition) is 0. The third-order valence-electron chi connectivity index (χ3n) is 1.41. The van der Waals surface area contributed by atoms with Crippen LogP contribution in [-0.4, -0.2) is 44.7 Å². The highest BCUT2D eigenvalue weighted by Crippen LogP contribution is 1.93. The molecule has 0 atom stereocenters. The SMILES string of the molecule is CC(C)=CC(=O)OCC[N+](C)(C)C.[Cl-]. The van der Waals surface area contributed by atoms with Crippen molar-refractivity contribution in [2.45, 2.75) is 13.8 Å². The Morgan fingerprint density at radius 3 is 2.14 bits per heavy atom. The summed E-state index contributed by atoms with van der Waals surface area (Å²) in [7, 11) is 6.19. The maximum absolute atomic E-state index is 11.0. The van der Waals surface area contributed by atoms with E-state index in [1.54, 1.807) is 0 Å². The second-order valence-electron chi connectivity index (χ2n) is 4.40. The van der Waals surface area contributed by atoms with Crippen LogP contribution in [-0.2, 0) is 9.53 Å². The molecule has 0 aromatic rings. The molecule has 0 N–H and O–H groups in total. The summed E-state index contributed by atoms with van der Waals surface area (Å²) in [6.07, 6.45) is 1.51. The average molecular weight is 222 g/mol. The first kappa shape index (κ1) is 15.9. The van der Waals surface area contributed by atoms with E-state index in [4.69, 9.17) is 4.74 Å². The quantitative estimate of drug-likeness (QED) is 0.318. The maximum Gasteiger partial charge on any atom is 0.330 e. The lowest BCUT2D eigenvalue weighted by Crippen LogP contribution is -3.00. The lowest BCUT2D eigenvalue weighted by atomic mass is 10.3. The molecule has 0 radical (unpaired) electrons. The van der Waals surface area contributed by atoms with Crippen molar-refractivity contribution in [3.8, 4) is 0 Å². The van der Waals surface area contributed by atoms with Gasteiger partial charge in [-0.25, -0.2) is 4.79 Å². The number of hydrogen-bond acceptors (Lipinski definition) is 2. The second kappa shape index (κ2) is 6.85. The second-order valence-corrected chi connectivity index (χ2v) is 4.40. The van der Waals surface area contributed by atoms with Gasteiger partial charge in [0.05, 0.1) is 21.1 Å². The summed E-state index contributed by atoms with van der Waals surface area (Å²) in [5.74, 6) is -0.242. The lowest BCUT2D eigenvalue weighted by Gasteiger charge is -2.23. The first-order chi connectivity index (χ1) is 5.81. The van der Waals surface area contributed by atoms with Crippen molar-refractivity contribution in [3.05, 3.63) is 11.6 Å². The highest BCUT2D eigenvalue weighted by atomic mass is 35.5. The Kier molecular flexibility index (Phi) is 7.78. The van der Waals surface area contributed by atoms with Gasteiger partial charge in [0.25, 0.3) is 0 Å². The van der Waals surface area contributed by atoms with Crippen LogP contribution in [0.1, 0.15) is 13.8 Å². The fraction of sp³-hybridized carbons (Fsp3) is 0.700. The molecule has 0 bridgehead atoms. The zero-order valence-corrected chi connectivity index (χ0v) is 10.4. The molecule has 4 heteroatoms. The van der Waals surface area contributed by atoms with E-state index in [1.807, 2.05) is 13.8 Å². The smallest absolute Gasteiger partial charge is 0.330 e. The van der Waals surface area contributed by atoms with Crippen LogP contribution in [0.15, 0.2) is 11.6 Å². The molecule has 0 fully saturated rings. The molecule has 0 rings (SSSR count). The van der Waals surface area contributed by atoms with Gasteiger partial charge < -0.3 is 21.6 Å². The summed E-state index contributed by atoms with van der Waals surface area (Å²) in [5, 5.41) is 0. The average Bonchev–Trinajstić information content (AvgIpc) is 1.81. The van der Waals surface area contributed by atoms with Crippen LogP contribution in [0.25, 0.3) is 0 Å². The van der Waals surface area contributed by atoms with E-state index >= 15 is 0 Å². The maximum atomic E-state index is 11.0. The van der Waals surface area contributed by atoms with Crippen molar-refractivity contribution >= 4 is 5.97 Å². The number of carbonyl (C=O) groups is 1. The van der Waals surface area contributed by atoms with E-state index in [-0.39, 0.29) is 18.4 Å². The molecule has 0 saturated heterocycles. The molecule has 0 aliphatic carbocycles. The number of ether oxygens (including phenoxy) is 1. The molecule has 0 aromatic carbocycles. The van der Waals surface area contributed by atoms with Gasteiger partial charge in [-0.2, -0.15) is 0 Å². The molecular weight excluding hydrogens is 202 g/mol. The summed E-state index contributed by atoms with van der Waals surface area (Å²) in [6, 6.07) is 0. The molecule has 0 spiro atoms. The Morgan fingerprint density at radius 1 is 1.29 bits per heavy atom. The van der Waals surface area contributed by atoms with E-state index in [0.717, 1.165) is 16.6 Å². The number of halogens is 1. The minimum Gasteiger partial charge on any atom is -1.00 e. The van der Waals surface area contributed by atoms with Gasteiger partial charge in [-0.1, -0.05) is 5.57 Å². The summed E-state index contributed by atoms with van der Waals surface area (Å²) < 4.78 is 5.81. The van der Waals surface area contributed by atoms with E-state index in [1.165, 1.54) is 6.08 Å². The van der Waals surface area contributed by atoms with Crippen molar-refractivity contribution < 1.29 is 26.4 Å². The highest BCUT2D eigenvalue weighted by molar-refractivity contribution is 5.82. The minimum atomic E-state index is -0.242. The van der Waals surface area contributed by atoms with Crippen molar-refractivity contribution in [2.75, 3.05) is 34.3 Å². The van der Waals surface area contributed by atoms with Crippen molar-refractivity contribution in [3.63, 3.8) is 0 Å². The topological polar surface area (TPSA) is 26.3 Å². The number of likely N-dealkylation sites (N-methyl/N-ethyl adjacent to an activating group) is 1. The lowest BCUT2D eigenvalue weighted by molar-refractivity contribution is -0.870. The summed E-state index contributed by atoms with van der Waals surface area (Å²) in [5.41, 5.74) is 0.968. The normalized spacial score (nSPS) is 10.1. The Hall–Kier alpha value is -0.540. The molecule has 0 aliphatic rings. The van der Waals surface area contributed by atoms with Crippen LogP contribution in [0.2, 0.25) is 0 Å². The van der Waals surface area contributed by atoms with Gasteiger partial charge in [-0.15, -0.1) is 0 Å². The summed E-state index contributed by atoms with van der Waals surface area (Å²) >= 11 is 0. The van der Waals surface area contributed by atoms with Gasteiger partial charge in [-0.05, 0) is 13.8 Å². The largest absolute Gasteiger partial charge is 1.00 e. The Bertz CT molecular complexity index is 203. The molecule has 0 aliphatic heterocycles. The third-order valence-corrected chi connectivity index (χ3v) is 1.41. The Balaban J connectivity index is 0. The summed E-state index contributed by atoms with van der Waals surface area (Å²) in [4.78, 5) is 11.0. The van der Waals surface area contributed by atoms with Crippen LogP contribution >= 0.6 is 0 Å². The molecule has 0 unspecified atom stereocenters. The first-order valence-corrected chi connectivity index (χ1v) is 4.43. The van der Waals surface area contributed by atoms with Crippen LogP contribution < -0.4 is 12.4 Å². The van der Waals surface area contributed by atoms with E-state index in [0.29, 0.717) is 6.61 Å². The molecular formula is C10H20ClNO2. The van der Waals surface area contributed by atoms with Gasteiger partial charge in [0.2, 0.25) is 0 Å². The highest BCUT2D eigenvalue weighted by Gasteiger charge is 2.07. The van der Waals surface area contributed by atoms with Crippen LogP contribution in [0.3, 0.4) is 0 Å².